The van der Waals surface area contributed by atoms with E-state index in [-0.39, 0.29) is 0 Å². The molecule has 0 aliphatic carbocycles. The lowest BCUT2D eigenvalue weighted by Crippen LogP contribution is -2.14. The van der Waals surface area contributed by atoms with Crippen LogP contribution < -0.4 is 0 Å². The van der Waals surface area contributed by atoms with Crippen LogP contribution in [-0.2, 0) is 5.11 Å². The van der Waals surface area contributed by atoms with Gasteiger partial charge < -0.3 is 0 Å². The molecule has 0 N–H and O–H groups in total. The van der Waals surface area contributed by atoms with Crippen LogP contribution in [-0.4, -0.2) is 10.9 Å². The van der Waals surface area contributed by atoms with Crippen molar-refractivity contribution < 1.29 is 27.1 Å². The Bertz CT molecular complexity index is 80.1. The molecule has 0 atom stereocenters. The summed E-state index contributed by atoms with van der Waals surface area (Å²) in [5.41, 5.74) is -10.1. The van der Waals surface area contributed by atoms with E-state index in [4.69, 9.17) is 5.11 Å². The second kappa shape index (κ2) is 2.30. The van der Waals surface area contributed by atoms with Crippen LogP contribution >= 0.6 is 11.8 Å². The standard InChI is InChI=1S/C2F5OS/c3-1(4,5)9-2(6,7)8. The molecular weight excluding hydrogens is 167 g/mol. The van der Waals surface area contributed by atoms with Gasteiger partial charge in [0, 0.05) is 0 Å². The Kier molecular flexibility index (Phi) is 2.29. The average Bonchev–Trinajstić information content (AvgIpc) is 1.14. The topological polar surface area (TPSA) is 19.9 Å². The fourth-order valence-corrected chi connectivity index (χ4v) is 0.404. The number of halogens is 5. The number of alkyl halides is 5. The highest BCUT2D eigenvalue weighted by molar-refractivity contribution is 8.00. The van der Waals surface area contributed by atoms with Gasteiger partial charge in [-0.05, 0) is 0 Å². The molecule has 0 amide bonds. The van der Waals surface area contributed by atoms with Crippen molar-refractivity contribution in [3.8, 4) is 0 Å². The maximum atomic E-state index is 10.9. The van der Waals surface area contributed by atoms with Gasteiger partial charge in [-0.15, -0.1) is 5.11 Å². The van der Waals surface area contributed by atoms with Gasteiger partial charge in [-0.1, -0.05) is 0 Å². The molecule has 0 rings (SSSR count). The molecule has 9 heavy (non-hydrogen) atoms. The van der Waals surface area contributed by atoms with Crippen LogP contribution in [0.2, 0.25) is 0 Å². The van der Waals surface area contributed by atoms with Crippen molar-refractivity contribution >= 4 is 11.8 Å². The molecule has 1 radical (unpaired) electrons. The van der Waals surface area contributed by atoms with Crippen LogP contribution in [0.4, 0.5) is 22.0 Å². The van der Waals surface area contributed by atoms with Crippen LogP contribution in [0.25, 0.3) is 0 Å². The molecule has 0 aromatic heterocycles. The number of hydrogen-bond donors (Lipinski definition) is 0. The molecular formula is C2F5OS. The summed E-state index contributed by atoms with van der Waals surface area (Å²) in [5.74, 6) is 0. The number of hydrogen-bond acceptors (Lipinski definition) is 1. The van der Waals surface area contributed by atoms with Crippen molar-refractivity contribution in [1.29, 1.82) is 0 Å². The van der Waals surface area contributed by atoms with Crippen LogP contribution in [0, 0.1) is 0 Å². The molecule has 1 nitrogen and oxygen atoms in total. The largest absolute Gasteiger partial charge is 0.449 e. The maximum Gasteiger partial charge on any atom is 0.449 e. The van der Waals surface area contributed by atoms with Crippen LogP contribution in [0.5, 0.6) is 0 Å². The molecule has 0 heterocycles. The molecule has 55 valence electrons. The van der Waals surface area contributed by atoms with Crippen molar-refractivity contribution in [2.45, 2.75) is 10.9 Å². The molecule has 0 aliphatic rings. The molecule has 0 aromatic rings. The zero-order valence-electron chi connectivity index (χ0n) is 3.71. The molecule has 0 fully saturated rings. The number of rotatable bonds is 1. The van der Waals surface area contributed by atoms with Crippen LogP contribution in [0.3, 0.4) is 0 Å². The highest BCUT2D eigenvalue weighted by Gasteiger charge is 2.44. The maximum absolute atomic E-state index is 10.9. The first-order chi connectivity index (χ1) is 3.71. The van der Waals surface area contributed by atoms with Crippen molar-refractivity contribution in [2.75, 3.05) is 0 Å². The van der Waals surface area contributed by atoms with Crippen LogP contribution in [0.1, 0.15) is 0 Å². The van der Waals surface area contributed by atoms with Gasteiger partial charge in [-0.2, -0.15) is 22.0 Å². The van der Waals surface area contributed by atoms with Gasteiger partial charge in [0.1, 0.15) is 0 Å². The van der Waals surface area contributed by atoms with Crippen molar-refractivity contribution in [3.63, 3.8) is 0 Å². The van der Waals surface area contributed by atoms with Gasteiger partial charge in [0.25, 0.3) is 0 Å². The van der Waals surface area contributed by atoms with Crippen LogP contribution in [0.15, 0.2) is 0 Å². The smallest absolute Gasteiger partial charge is 0.162 e. The molecule has 0 bridgehead atoms. The van der Waals surface area contributed by atoms with Gasteiger partial charge in [0.15, 0.2) is 0 Å². The van der Waals surface area contributed by atoms with E-state index in [1.807, 2.05) is 0 Å². The van der Waals surface area contributed by atoms with E-state index in [0.29, 0.717) is 0 Å². The van der Waals surface area contributed by atoms with E-state index in [9.17, 15) is 22.0 Å². The minimum atomic E-state index is -5.16. The predicted octanol–water partition coefficient (Wildman–Crippen LogP) is 2.22. The Labute approximate surface area is 50.8 Å². The minimum absolute atomic E-state index is 1.88. The van der Waals surface area contributed by atoms with E-state index >= 15 is 0 Å². The SMILES string of the molecule is [O]C(F)(F)SC(F)(F)F. The molecule has 0 spiro atoms. The summed E-state index contributed by atoms with van der Waals surface area (Å²) in [4.78, 5) is 0. The lowest BCUT2D eigenvalue weighted by molar-refractivity contribution is -0.168. The summed E-state index contributed by atoms with van der Waals surface area (Å²) in [6.45, 7) is 0. The average molecular weight is 167 g/mol. The summed E-state index contributed by atoms with van der Waals surface area (Å²) in [6, 6.07) is 0. The van der Waals surface area contributed by atoms with Gasteiger partial charge >= 0.3 is 10.9 Å². The highest BCUT2D eigenvalue weighted by Crippen LogP contribution is 2.40. The lowest BCUT2D eigenvalue weighted by atomic mass is 11.5. The second-order valence-corrected chi connectivity index (χ2v) is 2.15. The first-order valence-corrected chi connectivity index (χ1v) is 2.37. The Hall–Kier alpha value is -0.0400. The minimum Gasteiger partial charge on any atom is -0.162 e. The second-order valence-electron chi connectivity index (χ2n) is 1.01. The Balaban J connectivity index is 3.75. The van der Waals surface area contributed by atoms with E-state index < -0.39 is 22.7 Å². The molecule has 0 saturated carbocycles. The third-order valence-electron chi connectivity index (χ3n) is 0.235. The molecule has 7 heteroatoms. The highest BCUT2D eigenvalue weighted by atomic mass is 32.2. The first-order valence-electron chi connectivity index (χ1n) is 1.56. The van der Waals surface area contributed by atoms with Gasteiger partial charge in [0.05, 0.1) is 11.8 Å². The Morgan fingerprint density at radius 2 is 1.33 bits per heavy atom. The summed E-state index contributed by atoms with van der Waals surface area (Å²) in [7, 11) is 0. The summed E-state index contributed by atoms with van der Waals surface area (Å²) >= 11 is -1.88. The Morgan fingerprint density at radius 3 is 1.33 bits per heavy atom. The van der Waals surface area contributed by atoms with E-state index in [2.05, 4.69) is 0 Å². The molecule has 0 aliphatic heterocycles. The monoisotopic (exact) mass is 167 g/mol. The van der Waals surface area contributed by atoms with Crippen molar-refractivity contribution in [1.82, 2.24) is 0 Å². The third-order valence-corrected chi connectivity index (χ3v) is 0.704. The molecule has 0 saturated heterocycles. The zero-order chi connectivity index (χ0) is 7.71. The fraction of sp³-hybridized carbons (Fsp3) is 1.00. The summed E-state index contributed by atoms with van der Waals surface area (Å²) in [5, 5.41) is 9.03. The zero-order valence-corrected chi connectivity index (χ0v) is 4.52. The molecule has 0 aromatic carbocycles. The van der Waals surface area contributed by atoms with Crippen molar-refractivity contribution in [2.24, 2.45) is 0 Å². The number of thioether (sulfide) groups is 1. The van der Waals surface area contributed by atoms with E-state index in [0.717, 1.165) is 0 Å². The third kappa shape index (κ3) is 7.96. The van der Waals surface area contributed by atoms with Gasteiger partial charge in [0.2, 0.25) is 0 Å². The first kappa shape index (κ1) is 8.96. The van der Waals surface area contributed by atoms with E-state index in [1.54, 1.807) is 0 Å². The predicted molar refractivity (Wildman–Crippen MR) is 19.3 cm³/mol. The van der Waals surface area contributed by atoms with Gasteiger partial charge in [-0.3, -0.25) is 0 Å². The van der Waals surface area contributed by atoms with E-state index in [1.165, 1.54) is 0 Å². The van der Waals surface area contributed by atoms with Gasteiger partial charge in [-0.25, -0.2) is 0 Å². The quantitative estimate of drug-likeness (QED) is 0.433. The Morgan fingerprint density at radius 1 is 1.00 bits per heavy atom. The summed E-state index contributed by atoms with van der Waals surface area (Å²) in [6.07, 6.45) is 0. The fourth-order valence-electron chi connectivity index (χ4n) is 0.135. The normalized spacial score (nSPS) is 14.0. The lowest BCUT2D eigenvalue weighted by Gasteiger charge is -2.06. The molecule has 0 unspecified atom stereocenters. The summed E-state index contributed by atoms with van der Waals surface area (Å²) < 4.78 is 54.3. The van der Waals surface area contributed by atoms with Crippen molar-refractivity contribution in [3.05, 3.63) is 0 Å².